The number of carbonyl (C=O) groups excluding carboxylic acids is 1. The van der Waals surface area contributed by atoms with Gasteiger partial charge in [-0.25, -0.2) is 0 Å². The highest BCUT2D eigenvalue weighted by atomic mass is 16.2. The summed E-state index contributed by atoms with van der Waals surface area (Å²) in [5.41, 5.74) is 2.48. The Labute approximate surface area is 137 Å². The number of aromatic amines is 1. The van der Waals surface area contributed by atoms with Gasteiger partial charge in [-0.3, -0.25) is 4.79 Å². The van der Waals surface area contributed by atoms with Gasteiger partial charge in [-0.1, -0.05) is 25.1 Å². The summed E-state index contributed by atoms with van der Waals surface area (Å²) in [4.78, 5) is 19.9. The van der Waals surface area contributed by atoms with Gasteiger partial charge in [0.2, 0.25) is 5.91 Å². The Balaban J connectivity index is 1.40. The SMILES string of the molecule is CCN1CCN(C(=O)CNCCc2c[nH]c3ccccc23)CC1. The van der Waals surface area contributed by atoms with Crippen LogP contribution < -0.4 is 5.32 Å². The van der Waals surface area contributed by atoms with Crippen molar-refractivity contribution in [3.05, 3.63) is 36.0 Å². The fraction of sp³-hybridized carbons (Fsp3) is 0.500. The Hall–Kier alpha value is -1.85. The average molecular weight is 314 g/mol. The Morgan fingerprint density at radius 2 is 2.00 bits per heavy atom. The van der Waals surface area contributed by atoms with Gasteiger partial charge >= 0.3 is 0 Å². The summed E-state index contributed by atoms with van der Waals surface area (Å²) >= 11 is 0. The fourth-order valence-corrected chi connectivity index (χ4v) is 3.18. The first-order chi connectivity index (χ1) is 11.3. The normalized spacial score (nSPS) is 16.1. The first kappa shape index (κ1) is 16.0. The van der Waals surface area contributed by atoms with Crippen LogP contribution in [0, 0.1) is 0 Å². The second-order valence-corrected chi connectivity index (χ2v) is 6.10. The first-order valence-corrected chi connectivity index (χ1v) is 8.53. The van der Waals surface area contributed by atoms with E-state index in [0.717, 1.165) is 45.7 Å². The molecule has 1 saturated heterocycles. The first-order valence-electron chi connectivity index (χ1n) is 8.53. The van der Waals surface area contributed by atoms with E-state index in [-0.39, 0.29) is 5.91 Å². The highest BCUT2D eigenvalue weighted by Gasteiger charge is 2.19. The minimum absolute atomic E-state index is 0.222. The van der Waals surface area contributed by atoms with Gasteiger partial charge in [0.15, 0.2) is 0 Å². The summed E-state index contributed by atoms with van der Waals surface area (Å²) in [7, 11) is 0. The molecule has 2 heterocycles. The van der Waals surface area contributed by atoms with Crippen LogP contribution in [0.2, 0.25) is 0 Å². The third-order valence-corrected chi connectivity index (χ3v) is 4.69. The third-order valence-electron chi connectivity index (χ3n) is 4.69. The number of nitrogens with one attached hydrogen (secondary N) is 2. The molecule has 0 spiro atoms. The second-order valence-electron chi connectivity index (χ2n) is 6.10. The van der Waals surface area contributed by atoms with Crippen LogP contribution in [0.3, 0.4) is 0 Å². The van der Waals surface area contributed by atoms with Crippen molar-refractivity contribution < 1.29 is 4.79 Å². The topological polar surface area (TPSA) is 51.4 Å². The Morgan fingerprint density at radius 3 is 2.78 bits per heavy atom. The van der Waals surface area contributed by atoms with Crippen molar-refractivity contribution in [3.63, 3.8) is 0 Å². The molecule has 2 N–H and O–H groups in total. The molecule has 1 fully saturated rings. The van der Waals surface area contributed by atoms with Crippen LogP contribution in [0.4, 0.5) is 0 Å². The minimum Gasteiger partial charge on any atom is -0.361 e. The number of hydrogen-bond acceptors (Lipinski definition) is 3. The molecule has 0 atom stereocenters. The Kier molecular flexibility index (Phi) is 5.31. The Morgan fingerprint density at radius 1 is 1.22 bits per heavy atom. The van der Waals surface area contributed by atoms with Crippen LogP contribution in [0.1, 0.15) is 12.5 Å². The maximum absolute atomic E-state index is 12.2. The van der Waals surface area contributed by atoms with E-state index < -0.39 is 0 Å². The van der Waals surface area contributed by atoms with Crippen LogP contribution in [0.15, 0.2) is 30.5 Å². The van der Waals surface area contributed by atoms with E-state index in [4.69, 9.17) is 0 Å². The number of nitrogens with zero attached hydrogens (tertiary/aromatic N) is 2. The predicted molar refractivity (Wildman–Crippen MR) is 93.6 cm³/mol. The largest absolute Gasteiger partial charge is 0.361 e. The van der Waals surface area contributed by atoms with Gasteiger partial charge in [-0.05, 0) is 31.1 Å². The number of para-hydroxylation sites is 1. The molecule has 0 aliphatic carbocycles. The van der Waals surface area contributed by atoms with E-state index in [1.165, 1.54) is 16.5 Å². The molecule has 2 aromatic rings. The minimum atomic E-state index is 0.222. The molecule has 1 aromatic heterocycles. The van der Waals surface area contributed by atoms with Crippen LogP contribution in [0.25, 0.3) is 10.9 Å². The lowest BCUT2D eigenvalue weighted by atomic mass is 10.1. The lowest BCUT2D eigenvalue weighted by Gasteiger charge is -2.34. The monoisotopic (exact) mass is 314 g/mol. The van der Waals surface area contributed by atoms with Gasteiger partial charge in [0.05, 0.1) is 6.54 Å². The van der Waals surface area contributed by atoms with Gasteiger partial charge in [-0.15, -0.1) is 0 Å². The quantitative estimate of drug-likeness (QED) is 0.794. The highest BCUT2D eigenvalue weighted by Crippen LogP contribution is 2.17. The van der Waals surface area contributed by atoms with Crippen molar-refractivity contribution in [2.45, 2.75) is 13.3 Å². The summed E-state index contributed by atoms with van der Waals surface area (Å²) in [6, 6.07) is 8.33. The van der Waals surface area contributed by atoms with Crippen molar-refractivity contribution in [1.82, 2.24) is 20.1 Å². The van der Waals surface area contributed by atoms with Crippen molar-refractivity contribution in [2.24, 2.45) is 0 Å². The molecule has 1 aliphatic rings. The molecule has 3 rings (SSSR count). The average Bonchev–Trinajstić information content (AvgIpc) is 3.02. The lowest BCUT2D eigenvalue weighted by molar-refractivity contribution is -0.131. The molecule has 0 unspecified atom stereocenters. The molecule has 0 radical (unpaired) electrons. The fourth-order valence-electron chi connectivity index (χ4n) is 3.18. The van der Waals surface area contributed by atoms with Gasteiger partial charge in [0.1, 0.15) is 0 Å². The summed E-state index contributed by atoms with van der Waals surface area (Å²) in [5, 5.41) is 4.57. The number of amides is 1. The van der Waals surface area contributed by atoms with Crippen LogP contribution >= 0.6 is 0 Å². The smallest absolute Gasteiger partial charge is 0.236 e. The molecule has 124 valence electrons. The van der Waals surface area contributed by atoms with Crippen LogP contribution in [-0.2, 0) is 11.2 Å². The summed E-state index contributed by atoms with van der Waals surface area (Å²) in [6.07, 6.45) is 3.00. The second kappa shape index (κ2) is 7.62. The zero-order chi connectivity index (χ0) is 16.1. The summed E-state index contributed by atoms with van der Waals surface area (Å²) < 4.78 is 0. The number of likely N-dealkylation sites (N-methyl/N-ethyl adjacent to an activating group) is 1. The number of hydrogen-bond donors (Lipinski definition) is 2. The highest BCUT2D eigenvalue weighted by molar-refractivity contribution is 5.83. The van der Waals surface area contributed by atoms with Gasteiger partial charge in [0.25, 0.3) is 0 Å². The maximum Gasteiger partial charge on any atom is 0.236 e. The number of fused-ring (bicyclic) bond motifs is 1. The Bertz CT molecular complexity index is 643. The zero-order valence-electron chi connectivity index (χ0n) is 13.8. The number of benzene rings is 1. The molecule has 1 aliphatic heterocycles. The summed E-state index contributed by atoms with van der Waals surface area (Å²) in [6.45, 7) is 8.22. The lowest BCUT2D eigenvalue weighted by Crippen LogP contribution is -2.50. The molecule has 1 amide bonds. The molecular formula is C18H26N4O. The van der Waals surface area contributed by atoms with Crippen molar-refractivity contribution in [2.75, 3.05) is 45.8 Å². The van der Waals surface area contributed by atoms with Crippen LogP contribution in [-0.4, -0.2) is 66.5 Å². The predicted octanol–water partition coefficient (Wildman–Crippen LogP) is 1.46. The number of rotatable bonds is 6. The molecule has 5 nitrogen and oxygen atoms in total. The van der Waals surface area contributed by atoms with Gasteiger partial charge < -0.3 is 20.1 Å². The molecule has 5 heteroatoms. The van der Waals surface area contributed by atoms with Gasteiger partial charge in [0, 0.05) is 43.3 Å². The molecule has 0 bridgehead atoms. The van der Waals surface area contributed by atoms with E-state index in [2.05, 4.69) is 46.5 Å². The zero-order valence-corrected chi connectivity index (χ0v) is 13.8. The van der Waals surface area contributed by atoms with Crippen molar-refractivity contribution in [1.29, 1.82) is 0 Å². The van der Waals surface area contributed by atoms with Gasteiger partial charge in [-0.2, -0.15) is 0 Å². The molecule has 1 aromatic carbocycles. The maximum atomic E-state index is 12.2. The van der Waals surface area contributed by atoms with E-state index in [0.29, 0.717) is 6.54 Å². The van der Waals surface area contributed by atoms with E-state index in [1.54, 1.807) is 0 Å². The number of H-pyrrole nitrogens is 1. The number of aromatic nitrogens is 1. The number of carbonyl (C=O) groups is 1. The number of piperazine rings is 1. The van der Waals surface area contributed by atoms with E-state index in [1.807, 2.05) is 11.0 Å². The van der Waals surface area contributed by atoms with Crippen molar-refractivity contribution >= 4 is 16.8 Å². The molecule has 0 saturated carbocycles. The molecular weight excluding hydrogens is 288 g/mol. The molecule has 23 heavy (non-hydrogen) atoms. The van der Waals surface area contributed by atoms with E-state index in [9.17, 15) is 4.79 Å². The van der Waals surface area contributed by atoms with E-state index >= 15 is 0 Å². The van der Waals surface area contributed by atoms with Crippen LogP contribution in [0.5, 0.6) is 0 Å². The standard InChI is InChI=1S/C18H26N4O/c1-2-21-9-11-22(12-10-21)18(23)14-19-8-7-15-13-20-17-6-4-3-5-16(15)17/h3-6,13,19-20H,2,7-12,14H2,1H3. The van der Waals surface area contributed by atoms with Crippen molar-refractivity contribution in [3.8, 4) is 0 Å². The third kappa shape index (κ3) is 3.92. The summed E-state index contributed by atoms with van der Waals surface area (Å²) in [5.74, 6) is 0.222.